The van der Waals surface area contributed by atoms with Crippen LogP contribution in [-0.2, 0) is 13.2 Å². The van der Waals surface area contributed by atoms with Gasteiger partial charge in [0.15, 0.2) is 0 Å². The number of amides is 2. The second-order valence-electron chi connectivity index (χ2n) is 4.79. The fraction of sp³-hybridized carbons (Fsp3) is 0.286. The number of aryl methyl sites for hydroxylation is 2. The Kier molecular flexibility index (Phi) is 4.11. The van der Waals surface area contributed by atoms with Gasteiger partial charge in [-0.25, -0.2) is 4.79 Å². The first-order valence-corrected chi connectivity index (χ1v) is 6.44. The number of carbonyl (C=O) groups excluding carboxylic acids is 1. The largest absolute Gasteiger partial charge is 0.418 e. The molecule has 22 heavy (non-hydrogen) atoms. The van der Waals surface area contributed by atoms with Crippen molar-refractivity contribution in [1.82, 2.24) is 9.78 Å². The summed E-state index contributed by atoms with van der Waals surface area (Å²) in [6.45, 7) is 3.45. The lowest BCUT2D eigenvalue weighted by molar-refractivity contribution is -0.136. The molecule has 1 aromatic carbocycles. The highest BCUT2D eigenvalue weighted by molar-refractivity contribution is 6.01. The number of rotatable bonds is 2. The Morgan fingerprint density at radius 2 is 1.82 bits per heavy atom. The highest BCUT2D eigenvalue weighted by atomic mass is 19.4. The van der Waals surface area contributed by atoms with E-state index < -0.39 is 17.8 Å². The Morgan fingerprint density at radius 1 is 1.18 bits per heavy atom. The van der Waals surface area contributed by atoms with Crippen molar-refractivity contribution in [2.45, 2.75) is 20.0 Å². The minimum atomic E-state index is -4.54. The van der Waals surface area contributed by atoms with Gasteiger partial charge in [-0.05, 0) is 26.0 Å². The topological polar surface area (TPSA) is 59.0 Å². The first-order chi connectivity index (χ1) is 10.2. The van der Waals surface area contributed by atoms with Gasteiger partial charge in [0.2, 0.25) is 0 Å². The quantitative estimate of drug-likeness (QED) is 0.888. The maximum absolute atomic E-state index is 12.9. The fourth-order valence-corrected chi connectivity index (χ4v) is 2.06. The highest BCUT2D eigenvalue weighted by Crippen LogP contribution is 2.34. The van der Waals surface area contributed by atoms with Gasteiger partial charge < -0.3 is 10.6 Å². The number of aromatic nitrogens is 2. The van der Waals surface area contributed by atoms with Gasteiger partial charge in [0.25, 0.3) is 0 Å². The van der Waals surface area contributed by atoms with Crippen LogP contribution in [-0.4, -0.2) is 15.8 Å². The van der Waals surface area contributed by atoms with Gasteiger partial charge in [-0.3, -0.25) is 4.68 Å². The minimum Gasteiger partial charge on any atom is -0.307 e. The second kappa shape index (κ2) is 5.70. The summed E-state index contributed by atoms with van der Waals surface area (Å²) in [4.78, 5) is 11.9. The second-order valence-corrected chi connectivity index (χ2v) is 4.79. The Hall–Kier alpha value is -2.51. The first kappa shape index (κ1) is 15.9. The predicted molar refractivity (Wildman–Crippen MR) is 76.8 cm³/mol. The normalized spacial score (nSPS) is 11.4. The minimum absolute atomic E-state index is 0.299. The van der Waals surface area contributed by atoms with Crippen LogP contribution in [0.4, 0.5) is 29.3 Å². The third-order valence-corrected chi connectivity index (χ3v) is 3.23. The third-order valence-electron chi connectivity index (χ3n) is 3.23. The molecular weight excluding hydrogens is 297 g/mol. The van der Waals surface area contributed by atoms with Crippen molar-refractivity contribution >= 4 is 17.4 Å². The molecular formula is C14H15F3N4O. The van der Waals surface area contributed by atoms with Crippen LogP contribution in [0.2, 0.25) is 0 Å². The zero-order valence-corrected chi connectivity index (χ0v) is 12.2. The molecule has 0 spiro atoms. The van der Waals surface area contributed by atoms with Gasteiger partial charge in [0.05, 0.1) is 28.3 Å². The highest BCUT2D eigenvalue weighted by Gasteiger charge is 2.33. The number of para-hydroxylation sites is 1. The van der Waals surface area contributed by atoms with E-state index >= 15 is 0 Å². The van der Waals surface area contributed by atoms with E-state index in [0.29, 0.717) is 17.1 Å². The number of benzene rings is 1. The van der Waals surface area contributed by atoms with E-state index in [4.69, 9.17) is 0 Å². The average Bonchev–Trinajstić information content (AvgIpc) is 2.65. The molecule has 0 aliphatic carbocycles. The first-order valence-electron chi connectivity index (χ1n) is 6.44. The van der Waals surface area contributed by atoms with E-state index in [-0.39, 0.29) is 5.69 Å². The van der Waals surface area contributed by atoms with Crippen molar-refractivity contribution in [3.63, 3.8) is 0 Å². The summed E-state index contributed by atoms with van der Waals surface area (Å²) in [5.41, 5.74) is 0.567. The summed E-state index contributed by atoms with van der Waals surface area (Å²) in [5, 5.41) is 8.87. The Bertz CT molecular complexity index is 707. The predicted octanol–water partition coefficient (Wildman–Crippen LogP) is 3.70. The van der Waals surface area contributed by atoms with E-state index in [1.165, 1.54) is 18.2 Å². The van der Waals surface area contributed by atoms with Gasteiger partial charge >= 0.3 is 12.2 Å². The van der Waals surface area contributed by atoms with Gasteiger partial charge in [-0.1, -0.05) is 12.1 Å². The summed E-state index contributed by atoms with van der Waals surface area (Å²) >= 11 is 0. The Labute approximate surface area is 125 Å². The van der Waals surface area contributed by atoms with Crippen LogP contribution in [0.5, 0.6) is 0 Å². The van der Waals surface area contributed by atoms with E-state index in [0.717, 1.165) is 6.07 Å². The lowest BCUT2D eigenvalue weighted by Gasteiger charge is -2.14. The molecule has 0 radical (unpaired) electrons. The Morgan fingerprint density at radius 3 is 2.36 bits per heavy atom. The number of nitrogens with one attached hydrogen (secondary N) is 2. The number of hydrogen-bond acceptors (Lipinski definition) is 2. The molecule has 2 aromatic rings. The van der Waals surface area contributed by atoms with Gasteiger partial charge in [0.1, 0.15) is 0 Å². The zero-order chi connectivity index (χ0) is 16.5. The molecule has 118 valence electrons. The zero-order valence-electron chi connectivity index (χ0n) is 12.2. The summed E-state index contributed by atoms with van der Waals surface area (Å²) in [5.74, 6) is 0. The SMILES string of the molecule is Cc1nn(C)c(C)c1NC(=O)Nc1ccccc1C(F)(F)F. The lowest BCUT2D eigenvalue weighted by Crippen LogP contribution is -2.22. The third kappa shape index (κ3) is 3.21. The molecule has 1 heterocycles. The summed E-state index contributed by atoms with van der Waals surface area (Å²) in [6.07, 6.45) is -4.54. The number of carbonyl (C=O) groups is 1. The van der Waals surface area contributed by atoms with Crippen LogP contribution in [0, 0.1) is 13.8 Å². The monoisotopic (exact) mass is 312 g/mol. The van der Waals surface area contributed by atoms with Crippen molar-refractivity contribution in [3.05, 3.63) is 41.2 Å². The van der Waals surface area contributed by atoms with E-state index in [9.17, 15) is 18.0 Å². The summed E-state index contributed by atoms with van der Waals surface area (Å²) in [7, 11) is 1.71. The number of nitrogens with zero attached hydrogens (tertiary/aromatic N) is 2. The van der Waals surface area contributed by atoms with Crippen LogP contribution < -0.4 is 10.6 Å². The van der Waals surface area contributed by atoms with Crippen molar-refractivity contribution in [1.29, 1.82) is 0 Å². The van der Waals surface area contributed by atoms with E-state index in [2.05, 4.69) is 15.7 Å². The molecule has 0 unspecified atom stereocenters. The van der Waals surface area contributed by atoms with Crippen LogP contribution >= 0.6 is 0 Å². The van der Waals surface area contributed by atoms with E-state index in [1.807, 2.05) is 0 Å². The molecule has 0 aliphatic rings. The summed E-state index contributed by atoms with van der Waals surface area (Å²) in [6, 6.07) is 4.05. The molecule has 0 aliphatic heterocycles. The summed E-state index contributed by atoms with van der Waals surface area (Å²) < 4.78 is 40.2. The molecule has 0 bridgehead atoms. The molecule has 2 N–H and O–H groups in total. The molecule has 0 saturated carbocycles. The van der Waals surface area contributed by atoms with Crippen LogP contribution in [0.3, 0.4) is 0 Å². The van der Waals surface area contributed by atoms with Crippen molar-refractivity contribution in [2.24, 2.45) is 7.05 Å². The van der Waals surface area contributed by atoms with E-state index in [1.54, 1.807) is 25.6 Å². The van der Waals surface area contributed by atoms with Crippen molar-refractivity contribution in [3.8, 4) is 0 Å². The Balaban J connectivity index is 2.20. The molecule has 1 aromatic heterocycles. The number of anilines is 2. The number of hydrogen-bond donors (Lipinski definition) is 2. The lowest BCUT2D eigenvalue weighted by atomic mass is 10.1. The van der Waals surface area contributed by atoms with Crippen LogP contribution in [0.15, 0.2) is 24.3 Å². The van der Waals surface area contributed by atoms with Crippen LogP contribution in [0.25, 0.3) is 0 Å². The maximum atomic E-state index is 12.9. The average molecular weight is 312 g/mol. The standard InChI is InChI=1S/C14H15F3N4O/c1-8-12(9(2)21(3)20-8)19-13(22)18-11-7-5-4-6-10(11)14(15,16)17/h4-7H,1-3H3,(H2,18,19,22). The number of alkyl halides is 3. The molecule has 0 saturated heterocycles. The van der Waals surface area contributed by atoms with Gasteiger partial charge in [-0.2, -0.15) is 18.3 Å². The maximum Gasteiger partial charge on any atom is 0.418 e. The molecule has 8 heteroatoms. The van der Waals surface area contributed by atoms with Crippen molar-refractivity contribution < 1.29 is 18.0 Å². The molecule has 0 fully saturated rings. The number of urea groups is 1. The molecule has 5 nitrogen and oxygen atoms in total. The smallest absolute Gasteiger partial charge is 0.307 e. The van der Waals surface area contributed by atoms with Crippen LogP contribution in [0.1, 0.15) is 17.0 Å². The molecule has 2 amide bonds. The van der Waals surface area contributed by atoms with Gasteiger partial charge in [-0.15, -0.1) is 0 Å². The fourth-order valence-electron chi connectivity index (χ4n) is 2.06. The molecule has 0 atom stereocenters. The molecule has 2 rings (SSSR count). The van der Waals surface area contributed by atoms with Crippen molar-refractivity contribution in [2.75, 3.05) is 10.6 Å². The number of halogens is 3. The van der Waals surface area contributed by atoms with Gasteiger partial charge in [0, 0.05) is 7.05 Å².